The molecule has 1 heterocycles. The van der Waals surface area contributed by atoms with Crippen molar-refractivity contribution in [1.82, 2.24) is 4.31 Å². The fraction of sp³-hybridized carbons (Fsp3) is 0.381. The molecule has 0 unspecified atom stereocenters. The van der Waals surface area contributed by atoms with Crippen LogP contribution >= 0.6 is 0 Å². The first kappa shape index (κ1) is 19.6. The number of hydrogen-bond acceptors (Lipinski definition) is 3. The van der Waals surface area contributed by atoms with Gasteiger partial charge in [-0.3, -0.25) is 4.79 Å². The fourth-order valence-corrected chi connectivity index (χ4v) is 4.92. The van der Waals surface area contributed by atoms with Gasteiger partial charge in [0.1, 0.15) is 0 Å². The zero-order chi connectivity index (χ0) is 19.4. The summed E-state index contributed by atoms with van der Waals surface area (Å²) >= 11 is 0. The number of nitrogens with one attached hydrogen (secondary N) is 1. The highest BCUT2D eigenvalue weighted by Gasteiger charge is 2.26. The predicted octanol–water partition coefficient (Wildman–Crippen LogP) is 4.24. The molecule has 0 saturated carbocycles. The maximum absolute atomic E-state index is 12.9. The Hall–Kier alpha value is -2.18. The third-order valence-electron chi connectivity index (χ3n) is 4.88. The summed E-state index contributed by atoms with van der Waals surface area (Å²) in [5.41, 5.74) is 2.14. The van der Waals surface area contributed by atoms with E-state index in [0.29, 0.717) is 18.7 Å². The Morgan fingerprint density at radius 3 is 2.41 bits per heavy atom. The number of rotatable bonds is 5. The third-order valence-corrected chi connectivity index (χ3v) is 6.77. The number of piperidine rings is 1. The lowest BCUT2D eigenvalue weighted by Gasteiger charge is -2.26. The maximum atomic E-state index is 12.9. The van der Waals surface area contributed by atoms with Crippen molar-refractivity contribution in [3.8, 4) is 0 Å². The fourth-order valence-electron chi connectivity index (χ4n) is 3.36. The number of nitrogens with zero attached hydrogens (tertiary/aromatic N) is 1. The highest BCUT2D eigenvalue weighted by Crippen LogP contribution is 2.25. The molecule has 0 spiro atoms. The minimum Gasteiger partial charge on any atom is -0.322 e. The van der Waals surface area contributed by atoms with Crippen LogP contribution in [0.15, 0.2) is 53.4 Å². The summed E-state index contributed by atoms with van der Waals surface area (Å²) in [5.74, 6) is -0.0360. The number of carbonyl (C=O) groups excluding carboxylic acids is 1. The Bertz CT molecular complexity index is 917. The lowest BCUT2D eigenvalue weighted by Crippen LogP contribution is -2.35. The van der Waals surface area contributed by atoms with E-state index in [0.717, 1.165) is 30.5 Å². The Morgan fingerprint density at radius 2 is 1.70 bits per heavy atom. The molecule has 144 valence electrons. The van der Waals surface area contributed by atoms with Crippen molar-refractivity contribution in [2.45, 2.75) is 43.9 Å². The Kier molecular flexibility index (Phi) is 5.97. The molecule has 3 rings (SSSR count). The van der Waals surface area contributed by atoms with E-state index in [9.17, 15) is 13.2 Å². The second-order valence-corrected chi connectivity index (χ2v) is 9.13. The monoisotopic (exact) mass is 386 g/mol. The predicted molar refractivity (Wildman–Crippen MR) is 108 cm³/mol. The highest BCUT2D eigenvalue weighted by atomic mass is 32.2. The molecule has 1 fully saturated rings. The zero-order valence-electron chi connectivity index (χ0n) is 15.8. The molecule has 0 aliphatic carbocycles. The molecular weight excluding hydrogens is 360 g/mol. The minimum atomic E-state index is -3.56. The van der Waals surface area contributed by atoms with E-state index in [1.54, 1.807) is 18.2 Å². The molecule has 2 aromatic rings. The van der Waals surface area contributed by atoms with Crippen LogP contribution in [0, 0.1) is 0 Å². The first-order chi connectivity index (χ1) is 12.9. The lowest BCUT2D eigenvalue weighted by molar-refractivity contribution is 0.102. The molecule has 0 aromatic heterocycles. The number of benzene rings is 2. The van der Waals surface area contributed by atoms with Gasteiger partial charge in [-0.1, -0.05) is 44.5 Å². The van der Waals surface area contributed by atoms with Gasteiger partial charge in [-0.05, 0) is 48.6 Å². The molecular formula is C21H26N2O3S. The van der Waals surface area contributed by atoms with Gasteiger partial charge < -0.3 is 5.32 Å². The average Bonchev–Trinajstić information content (AvgIpc) is 2.69. The molecule has 0 bridgehead atoms. The molecule has 1 aliphatic heterocycles. The van der Waals surface area contributed by atoms with E-state index in [4.69, 9.17) is 0 Å². The van der Waals surface area contributed by atoms with E-state index in [-0.39, 0.29) is 16.7 Å². The second-order valence-electron chi connectivity index (χ2n) is 7.19. The smallest absolute Gasteiger partial charge is 0.255 e. The van der Waals surface area contributed by atoms with Crippen molar-refractivity contribution in [2.75, 3.05) is 18.4 Å². The van der Waals surface area contributed by atoms with Crippen LogP contribution in [-0.2, 0) is 10.0 Å². The van der Waals surface area contributed by atoms with Crippen LogP contribution in [-0.4, -0.2) is 31.7 Å². The third kappa shape index (κ3) is 4.39. The van der Waals surface area contributed by atoms with Crippen molar-refractivity contribution in [2.24, 2.45) is 0 Å². The zero-order valence-corrected chi connectivity index (χ0v) is 16.6. The van der Waals surface area contributed by atoms with E-state index in [2.05, 4.69) is 19.2 Å². The molecule has 5 nitrogen and oxygen atoms in total. The van der Waals surface area contributed by atoms with Gasteiger partial charge in [0.2, 0.25) is 10.0 Å². The van der Waals surface area contributed by atoms with Gasteiger partial charge in [0.25, 0.3) is 5.91 Å². The Labute approximate surface area is 161 Å². The van der Waals surface area contributed by atoms with Crippen molar-refractivity contribution in [3.05, 3.63) is 59.7 Å². The number of sulfonamides is 1. The van der Waals surface area contributed by atoms with E-state index < -0.39 is 10.0 Å². The SMILES string of the molecule is CC(C)c1ccccc1NC(=O)c1cccc(S(=O)(=O)N2CCCCC2)c1. The second kappa shape index (κ2) is 8.23. The van der Waals surface area contributed by atoms with Gasteiger partial charge >= 0.3 is 0 Å². The maximum Gasteiger partial charge on any atom is 0.255 e. The van der Waals surface area contributed by atoms with Crippen molar-refractivity contribution in [1.29, 1.82) is 0 Å². The van der Waals surface area contributed by atoms with Crippen LogP contribution in [0.3, 0.4) is 0 Å². The van der Waals surface area contributed by atoms with Gasteiger partial charge in [-0.15, -0.1) is 0 Å². The summed E-state index contributed by atoms with van der Waals surface area (Å²) in [5, 5.41) is 2.92. The van der Waals surface area contributed by atoms with Gasteiger partial charge in [0.05, 0.1) is 4.90 Å². The summed E-state index contributed by atoms with van der Waals surface area (Å²) in [4.78, 5) is 12.9. The lowest BCUT2D eigenvalue weighted by atomic mass is 10.0. The molecule has 2 aromatic carbocycles. The van der Waals surface area contributed by atoms with E-state index >= 15 is 0 Å². The summed E-state index contributed by atoms with van der Waals surface area (Å²) in [6, 6.07) is 14.0. The van der Waals surface area contributed by atoms with E-state index in [1.807, 2.05) is 24.3 Å². The standard InChI is InChI=1S/C21H26N2O3S/c1-16(2)19-11-4-5-12-20(19)22-21(24)17-9-8-10-18(15-17)27(25,26)23-13-6-3-7-14-23/h4-5,8-12,15-16H,3,6-7,13-14H2,1-2H3,(H,22,24). The molecule has 6 heteroatoms. The van der Waals surface area contributed by atoms with Crippen LogP contribution < -0.4 is 5.32 Å². The number of hydrogen-bond donors (Lipinski definition) is 1. The van der Waals surface area contributed by atoms with Crippen LogP contribution in [0.25, 0.3) is 0 Å². The summed E-state index contributed by atoms with van der Waals surface area (Å²) in [6.45, 7) is 5.22. The van der Waals surface area contributed by atoms with Crippen LogP contribution in [0.4, 0.5) is 5.69 Å². The van der Waals surface area contributed by atoms with Crippen LogP contribution in [0.2, 0.25) is 0 Å². The number of anilines is 1. The highest BCUT2D eigenvalue weighted by molar-refractivity contribution is 7.89. The van der Waals surface area contributed by atoms with Crippen molar-refractivity contribution >= 4 is 21.6 Å². The molecule has 1 aliphatic rings. The molecule has 1 saturated heterocycles. The molecule has 0 atom stereocenters. The first-order valence-corrected chi connectivity index (χ1v) is 10.8. The number of para-hydroxylation sites is 1. The molecule has 1 N–H and O–H groups in total. The quantitative estimate of drug-likeness (QED) is 0.836. The van der Waals surface area contributed by atoms with Crippen LogP contribution in [0.1, 0.15) is 54.9 Å². The largest absolute Gasteiger partial charge is 0.322 e. The number of amides is 1. The topological polar surface area (TPSA) is 66.5 Å². The summed E-state index contributed by atoms with van der Waals surface area (Å²) < 4.78 is 27.2. The molecule has 27 heavy (non-hydrogen) atoms. The normalized spacial score (nSPS) is 15.7. The summed E-state index contributed by atoms with van der Waals surface area (Å²) in [6.07, 6.45) is 2.82. The van der Waals surface area contributed by atoms with Gasteiger partial charge in [0.15, 0.2) is 0 Å². The Balaban J connectivity index is 1.84. The van der Waals surface area contributed by atoms with Gasteiger partial charge in [-0.25, -0.2) is 8.42 Å². The Morgan fingerprint density at radius 1 is 1.00 bits per heavy atom. The average molecular weight is 387 g/mol. The first-order valence-electron chi connectivity index (χ1n) is 9.40. The van der Waals surface area contributed by atoms with Gasteiger partial charge in [-0.2, -0.15) is 4.31 Å². The van der Waals surface area contributed by atoms with E-state index in [1.165, 1.54) is 10.4 Å². The molecule has 0 radical (unpaired) electrons. The van der Waals surface area contributed by atoms with Crippen LogP contribution in [0.5, 0.6) is 0 Å². The molecule has 1 amide bonds. The van der Waals surface area contributed by atoms with Gasteiger partial charge in [0, 0.05) is 24.3 Å². The van der Waals surface area contributed by atoms with Crippen molar-refractivity contribution in [3.63, 3.8) is 0 Å². The summed E-state index contributed by atoms with van der Waals surface area (Å²) in [7, 11) is -3.56. The minimum absolute atomic E-state index is 0.175. The number of carbonyl (C=O) groups is 1. The van der Waals surface area contributed by atoms with Crippen molar-refractivity contribution < 1.29 is 13.2 Å².